The van der Waals surface area contributed by atoms with E-state index in [-0.39, 0.29) is 0 Å². The maximum Gasteiger partial charge on any atom is 0.164 e. The lowest BCUT2D eigenvalue weighted by Gasteiger charge is -2.09. The third kappa shape index (κ3) is 6.36. The van der Waals surface area contributed by atoms with Crippen LogP contribution in [0.15, 0.2) is 205 Å². The Hall–Kier alpha value is -7.43. The molecule has 0 amide bonds. The Morgan fingerprint density at radius 2 is 0.545 bits per heavy atom. The molecule has 0 aliphatic carbocycles. The highest BCUT2D eigenvalue weighted by Gasteiger charge is 2.16. The number of rotatable bonds is 7. The number of hydrogen-bond donors (Lipinski definition) is 0. The first kappa shape index (κ1) is 32.2. The Balaban J connectivity index is 0.976. The van der Waals surface area contributed by atoms with E-state index in [2.05, 4.69) is 152 Å². The van der Waals surface area contributed by atoms with Crippen LogP contribution in [0.4, 0.5) is 0 Å². The quantitative estimate of drug-likeness (QED) is 0.166. The molecule has 0 N–H and O–H groups in total. The van der Waals surface area contributed by atoms with Crippen molar-refractivity contribution in [2.45, 2.75) is 0 Å². The molecule has 55 heavy (non-hydrogen) atoms. The minimum absolute atomic E-state index is 0.590. The summed E-state index contributed by atoms with van der Waals surface area (Å²) in [5.74, 6) is 1.83. The van der Waals surface area contributed by atoms with Gasteiger partial charge in [0.15, 0.2) is 17.5 Å². The summed E-state index contributed by atoms with van der Waals surface area (Å²) >= 11 is 0. The van der Waals surface area contributed by atoms with Gasteiger partial charge < -0.3 is 4.42 Å². The molecule has 10 rings (SSSR count). The van der Waals surface area contributed by atoms with Crippen LogP contribution in [0.1, 0.15) is 0 Å². The molecule has 258 valence electrons. The molecule has 0 radical (unpaired) electrons. The van der Waals surface area contributed by atoms with E-state index in [1.807, 2.05) is 48.5 Å². The van der Waals surface area contributed by atoms with Gasteiger partial charge in [-0.3, -0.25) is 0 Å². The summed E-state index contributed by atoms with van der Waals surface area (Å²) in [4.78, 5) is 15.0. The van der Waals surface area contributed by atoms with Gasteiger partial charge in [-0.25, -0.2) is 15.0 Å². The molecule has 4 heteroatoms. The van der Waals surface area contributed by atoms with Gasteiger partial charge in [-0.05, 0) is 74.8 Å². The summed E-state index contributed by atoms with van der Waals surface area (Å²) in [6.07, 6.45) is 0. The normalized spacial score (nSPS) is 11.3. The number of nitrogens with zero attached hydrogens (tertiary/aromatic N) is 3. The molecule has 0 aliphatic heterocycles. The number of furan rings is 1. The average Bonchev–Trinajstić information content (AvgIpc) is 3.64. The lowest BCUT2D eigenvalue weighted by Crippen LogP contribution is -2.00. The Morgan fingerprint density at radius 1 is 0.236 bits per heavy atom. The molecule has 10 aromatic rings. The molecule has 2 heterocycles. The third-order valence-electron chi connectivity index (χ3n) is 10.2. The standard InChI is InChI=1S/C51H33N3O/c1-4-11-34(12-5-1)36-19-21-37(22-20-36)38-23-25-39(26-24-38)42-27-29-45-46-30-28-44(33-48(46)55-47(45)32-42)51-53-49(40-15-8-3-9-16-40)52-50(54-51)43-18-10-17-41(31-43)35-13-6-2-7-14-35/h1-33H. The zero-order valence-electron chi connectivity index (χ0n) is 29.8. The molecule has 4 nitrogen and oxygen atoms in total. The first-order chi connectivity index (χ1) is 27.2. The van der Waals surface area contributed by atoms with Crippen LogP contribution in [0.25, 0.3) is 101 Å². The number of benzene rings is 8. The second-order valence-electron chi connectivity index (χ2n) is 13.7. The van der Waals surface area contributed by atoms with E-state index >= 15 is 0 Å². The first-order valence-corrected chi connectivity index (χ1v) is 18.4. The highest BCUT2D eigenvalue weighted by atomic mass is 16.3. The highest BCUT2D eigenvalue weighted by molar-refractivity contribution is 6.06. The van der Waals surface area contributed by atoms with Crippen LogP contribution in [0, 0.1) is 0 Å². The maximum atomic E-state index is 6.54. The van der Waals surface area contributed by atoms with Gasteiger partial charge in [0.1, 0.15) is 11.2 Å². The fourth-order valence-corrected chi connectivity index (χ4v) is 7.26. The molecule has 0 bridgehead atoms. The van der Waals surface area contributed by atoms with Crippen molar-refractivity contribution >= 4 is 21.9 Å². The van der Waals surface area contributed by atoms with Gasteiger partial charge in [0.2, 0.25) is 0 Å². The van der Waals surface area contributed by atoms with Crippen molar-refractivity contribution in [1.82, 2.24) is 15.0 Å². The topological polar surface area (TPSA) is 51.8 Å². The SMILES string of the molecule is c1ccc(-c2ccc(-c3ccc(-c4ccc5c(c4)oc4cc(-c6nc(-c7ccccc7)nc(-c7cccc(-c8ccccc8)c7)n6)ccc45)cc3)cc2)cc1. The summed E-state index contributed by atoms with van der Waals surface area (Å²) < 4.78 is 6.54. The van der Waals surface area contributed by atoms with Crippen molar-refractivity contribution in [3.8, 4) is 78.7 Å². The molecular formula is C51H33N3O. The van der Waals surface area contributed by atoms with E-state index in [9.17, 15) is 0 Å². The highest BCUT2D eigenvalue weighted by Crippen LogP contribution is 2.36. The first-order valence-electron chi connectivity index (χ1n) is 18.4. The van der Waals surface area contributed by atoms with Gasteiger partial charge in [-0.15, -0.1) is 0 Å². The fraction of sp³-hybridized carbons (Fsp3) is 0. The average molecular weight is 704 g/mol. The van der Waals surface area contributed by atoms with E-state index in [1.165, 1.54) is 22.3 Å². The Kier molecular flexibility index (Phi) is 8.12. The van der Waals surface area contributed by atoms with Crippen molar-refractivity contribution in [1.29, 1.82) is 0 Å². The number of aromatic nitrogens is 3. The molecule has 0 saturated carbocycles. The maximum absolute atomic E-state index is 6.54. The number of fused-ring (bicyclic) bond motifs is 3. The Labute approximate surface area is 319 Å². The van der Waals surface area contributed by atoms with Gasteiger partial charge in [-0.2, -0.15) is 0 Å². The largest absolute Gasteiger partial charge is 0.456 e. The van der Waals surface area contributed by atoms with E-state index < -0.39 is 0 Å². The van der Waals surface area contributed by atoms with Crippen LogP contribution in [-0.4, -0.2) is 15.0 Å². The van der Waals surface area contributed by atoms with Gasteiger partial charge >= 0.3 is 0 Å². The molecule has 0 aliphatic rings. The van der Waals surface area contributed by atoms with Crippen LogP contribution in [0.5, 0.6) is 0 Å². The van der Waals surface area contributed by atoms with E-state index in [1.54, 1.807) is 0 Å². The second-order valence-corrected chi connectivity index (χ2v) is 13.7. The van der Waals surface area contributed by atoms with Gasteiger partial charge in [0.05, 0.1) is 0 Å². The molecule has 2 aromatic heterocycles. The molecule has 0 spiro atoms. The summed E-state index contributed by atoms with van der Waals surface area (Å²) in [6.45, 7) is 0. The van der Waals surface area contributed by atoms with Crippen LogP contribution in [0.3, 0.4) is 0 Å². The summed E-state index contributed by atoms with van der Waals surface area (Å²) in [7, 11) is 0. The van der Waals surface area contributed by atoms with Crippen LogP contribution in [0.2, 0.25) is 0 Å². The number of hydrogen-bond acceptors (Lipinski definition) is 4. The molecule has 8 aromatic carbocycles. The van der Waals surface area contributed by atoms with Gasteiger partial charge in [0, 0.05) is 27.5 Å². The Morgan fingerprint density at radius 3 is 1.07 bits per heavy atom. The van der Waals surface area contributed by atoms with Gasteiger partial charge in [-0.1, -0.05) is 170 Å². The molecule has 0 atom stereocenters. The van der Waals surface area contributed by atoms with Crippen LogP contribution >= 0.6 is 0 Å². The fourth-order valence-electron chi connectivity index (χ4n) is 7.26. The minimum atomic E-state index is 0.590. The third-order valence-corrected chi connectivity index (χ3v) is 10.2. The zero-order chi connectivity index (χ0) is 36.6. The van der Waals surface area contributed by atoms with E-state index in [0.717, 1.165) is 60.9 Å². The zero-order valence-corrected chi connectivity index (χ0v) is 29.8. The summed E-state index contributed by atoms with van der Waals surface area (Å²) in [5, 5.41) is 2.12. The van der Waals surface area contributed by atoms with E-state index in [4.69, 9.17) is 19.4 Å². The van der Waals surface area contributed by atoms with Crippen molar-refractivity contribution < 1.29 is 4.42 Å². The summed E-state index contributed by atoms with van der Waals surface area (Å²) in [5.41, 5.74) is 13.6. The lowest BCUT2D eigenvalue weighted by atomic mass is 9.97. The summed E-state index contributed by atoms with van der Waals surface area (Å²) in [6, 6.07) is 69.4. The Bertz CT molecular complexity index is 2940. The molecule has 0 saturated heterocycles. The van der Waals surface area contributed by atoms with E-state index in [0.29, 0.717) is 17.5 Å². The molecular weight excluding hydrogens is 671 g/mol. The monoisotopic (exact) mass is 703 g/mol. The lowest BCUT2D eigenvalue weighted by molar-refractivity contribution is 0.669. The predicted molar refractivity (Wildman–Crippen MR) is 225 cm³/mol. The van der Waals surface area contributed by atoms with Crippen molar-refractivity contribution in [2.75, 3.05) is 0 Å². The second kappa shape index (κ2) is 13.8. The molecule has 0 fully saturated rings. The van der Waals surface area contributed by atoms with Crippen molar-refractivity contribution in [3.63, 3.8) is 0 Å². The molecule has 0 unspecified atom stereocenters. The van der Waals surface area contributed by atoms with Crippen molar-refractivity contribution in [3.05, 3.63) is 200 Å². The van der Waals surface area contributed by atoms with Gasteiger partial charge in [0.25, 0.3) is 0 Å². The van der Waals surface area contributed by atoms with Crippen molar-refractivity contribution in [2.24, 2.45) is 0 Å². The smallest absolute Gasteiger partial charge is 0.164 e. The van der Waals surface area contributed by atoms with Crippen LogP contribution < -0.4 is 0 Å². The predicted octanol–water partition coefficient (Wildman–Crippen LogP) is 13.4. The minimum Gasteiger partial charge on any atom is -0.456 e. The van der Waals surface area contributed by atoms with Crippen LogP contribution in [-0.2, 0) is 0 Å².